The molecule has 4 nitrogen and oxygen atoms in total. The van der Waals surface area contributed by atoms with E-state index in [1.807, 2.05) is 61.5 Å². The summed E-state index contributed by atoms with van der Waals surface area (Å²) in [5.41, 5.74) is 3.30. The third kappa shape index (κ3) is 6.74. The number of amides is 1. The normalized spacial score (nSPS) is 12.0. The molecule has 0 saturated carbocycles. The van der Waals surface area contributed by atoms with E-state index in [9.17, 15) is 9.59 Å². The van der Waals surface area contributed by atoms with Crippen molar-refractivity contribution >= 4 is 18.0 Å². The summed E-state index contributed by atoms with van der Waals surface area (Å²) in [7, 11) is 1.37. The Balaban J connectivity index is 2.07. The van der Waals surface area contributed by atoms with Crippen LogP contribution in [0.1, 0.15) is 23.6 Å². The summed E-state index contributed by atoms with van der Waals surface area (Å²) in [5, 5.41) is 0. The number of hydrogen-bond donors (Lipinski definition) is 0. The maximum absolute atomic E-state index is 12.7. The van der Waals surface area contributed by atoms with Gasteiger partial charge in [0.05, 0.1) is 13.0 Å². The number of aryl methyl sites for hydroxylation is 1. The molecule has 0 bridgehead atoms. The molecule has 1 atom stereocenters. The predicted molar refractivity (Wildman–Crippen MR) is 108 cm³/mol. The van der Waals surface area contributed by atoms with Crippen LogP contribution in [-0.4, -0.2) is 37.0 Å². The smallest absolute Gasteiger partial charge is 0.310 e. The third-order valence-electron chi connectivity index (χ3n) is 4.42. The molecule has 0 aliphatic carbocycles. The van der Waals surface area contributed by atoms with E-state index in [0.717, 1.165) is 17.5 Å². The SMILES string of the molecule is COC(=O)C(C)CN(CCc1ccccc1)C(=O)/C=C/c1ccc(C)cc1. The Morgan fingerprint density at radius 1 is 1.07 bits per heavy atom. The maximum atomic E-state index is 12.7. The van der Waals surface area contributed by atoms with Crippen LogP contribution in [0.4, 0.5) is 0 Å². The first-order valence-corrected chi connectivity index (χ1v) is 9.15. The summed E-state index contributed by atoms with van der Waals surface area (Å²) in [6, 6.07) is 18.0. The summed E-state index contributed by atoms with van der Waals surface area (Å²) in [5.74, 6) is -0.792. The number of ether oxygens (including phenoxy) is 1. The molecule has 0 radical (unpaired) electrons. The second kappa shape index (κ2) is 10.3. The van der Waals surface area contributed by atoms with Crippen LogP contribution in [0.15, 0.2) is 60.7 Å². The molecule has 0 N–H and O–H groups in total. The van der Waals surface area contributed by atoms with Crippen molar-refractivity contribution in [3.05, 3.63) is 77.4 Å². The molecule has 1 unspecified atom stereocenters. The van der Waals surface area contributed by atoms with E-state index >= 15 is 0 Å². The zero-order valence-corrected chi connectivity index (χ0v) is 16.2. The molecule has 2 aromatic rings. The first-order chi connectivity index (χ1) is 13.0. The van der Waals surface area contributed by atoms with E-state index < -0.39 is 0 Å². The van der Waals surface area contributed by atoms with Gasteiger partial charge in [0.2, 0.25) is 5.91 Å². The number of carbonyl (C=O) groups excluding carboxylic acids is 2. The van der Waals surface area contributed by atoms with Gasteiger partial charge in [0.1, 0.15) is 0 Å². The van der Waals surface area contributed by atoms with Gasteiger partial charge in [-0.1, -0.05) is 67.1 Å². The number of esters is 1. The molecule has 4 heteroatoms. The van der Waals surface area contributed by atoms with Crippen LogP contribution in [0.2, 0.25) is 0 Å². The number of methoxy groups -OCH3 is 1. The number of hydrogen-bond acceptors (Lipinski definition) is 3. The van der Waals surface area contributed by atoms with E-state index in [1.54, 1.807) is 24.0 Å². The first kappa shape index (κ1) is 20.4. The zero-order chi connectivity index (χ0) is 19.6. The molecular formula is C23H27NO3. The van der Waals surface area contributed by atoms with Crippen LogP contribution >= 0.6 is 0 Å². The Labute approximate surface area is 161 Å². The molecule has 0 fully saturated rings. The topological polar surface area (TPSA) is 46.6 Å². The standard InChI is InChI=1S/C23H27NO3/c1-18-9-11-21(12-10-18)13-14-22(25)24(17-19(2)23(26)27-3)16-15-20-7-5-4-6-8-20/h4-14,19H,15-17H2,1-3H3/b14-13+. The van der Waals surface area contributed by atoms with Crippen molar-refractivity contribution in [1.82, 2.24) is 4.90 Å². The molecule has 0 heterocycles. The Kier molecular flexibility index (Phi) is 7.80. The van der Waals surface area contributed by atoms with Gasteiger partial charge >= 0.3 is 5.97 Å². The lowest BCUT2D eigenvalue weighted by Crippen LogP contribution is -2.37. The lowest BCUT2D eigenvalue weighted by Gasteiger charge is -2.24. The van der Waals surface area contributed by atoms with Gasteiger partial charge in [0.25, 0.3) is 0 Å². The number of benzene rings is 2. The van der Waals surface area contributed by atoms with Gasteiger partial charge in [-0.2, -0.15) is 0 Å². The van der Waals surface area contributed by atoms with Crippen molar-refractivity contribution < 1.29 is 14.3 Å². The minimum absolute atomic E-state index is 0.109. The highest BCUT2D eigenvalue weighted by Gasteiger charge is 2.20. The van der Waals surface area contributed by atoms with Crippen LogP contribution < -0.4 is 0 Å². The van der Waals surface area contributed by atoms with Crippen LogP contribution in [-0.2, 0) is 20.7 Å². The molecule has 0 saturated heterocycles. The number of carbonyl (C=O) groups is 2. The van der Waals surface area contributed by atoms with Gasteiger partial charge < -0.3 is 9.64 Å². The molecule has 142 valence electrons. The van der Waals surface area contributed by atoms with Gasteiger partial charge in [-0.25, -0.2) is 0 Å². The molecule has 0 aliphatic rings. The fourth-order valence-corrected chi connectivity index (χ4v) is 2.76. The minimum Gasteiger partial charge on any atom is -0.469 e. The Morgan fingerprint density at radius 2 is 1.74 bits per heavy atom. The molecule has 1 amide bonds. The fourth-order valence-electron chi connectivity index (χ4n) is 2.76. The van der Waals surface area contributed by atoms with Crippen molar-refractivity contribution in [2.24, 2.45) is 5.92 Å². The quantitative estimate of drug-likeness (QED) is 0.527. The van der Waals surface area contributed by atoms with E-state index in [2.05, 4.69) is 0 Å². The second-order valence-corrected chi connectivity index (χ2v) is 6.69. The number of rotatable bonds is 8. The van der Waals surface area contributed by atoms with Gasteiger partial charge in [0, 0.05) is 19.2 Å². The minimum atomic E-state index is -0.373. The van der Waals surface area contributed by atoms with Crippen LogP contribution in [0.25, 0.3) is 6.08 Å². The fraction of sp³-hybridized carbons (Fsp3) is 0.304. The van der Waals surface area contributed by atoms with Crippen molar-refractivity contribution in [2.75, 3.05) is 20.2 Å². The summed E-state index contributed by atoms with van der Waals surface area (Å²) in [6.07, 6.45) is 4.11. The molecule has 0 aliphatic heterocycles. The summed E-state index contributed by atoms with van der Waals surface area (Å²) >= 11 is 0. The van der Waals surface area contributed by atoms with Crippen molar-refractivity contribution in [3.8, 4) is 0 Å². The summed E-state index contributed by atoms with van der Waals surface area (Å²) < 4.78 is 4.80. The van der Waals surface area contributed by atoms with Gasteiger partial charge in [-0.15, -0.1) is 0 Å². The highest BCUT2D eigenvalue weighted by Crippen LogP contribution is 2.09. The van der Waals surface area contributed by atoms with E-state index in [0.29, 0.717) is 13.1 Å². The monoisotopic (exact) mass is 365 g/mol. The lowest BCUT2D eigenvalue weighted by atomic mass is 10.1. The maximum Gasteiger partial charge on any atom is 0.310 e. The first-order valence-electron chi connectivity index (χ1n) is 9.15. The highest BCUT2D eigenvalue weighted by atomic mass is 16.5. The summed E-state index contributed by atoms with van der Waals surface area (Å²) in [6.45, 7) is 4.68. The average Bonchev–Trinajstić information content (AvgIpc) is 2.70. The van der Waals surface area contributed by atoms with Crippen LogP contribution in [0.3, 0.4) is 0 Å². The van der Waals surface area contributed by atoms with Gasteiger partial charge in [0.15, 0.2) is 0 Å². The number of nitrogens with zero attached hydrogens (tertiary/aromatic N) is 1. The largest absolute Gasteiger partial charge is 0.469 e. The Bertz CT molecular complexity index is 766. The van der Waals surface area contributed by atoms with Gasteiger partial charge in [-0.05, 0) is 30.5 Å². The van der Waals surface area contributed by atoms with E-state index in [-0.39, 0.29) is 17.8 Å². The van der Waals surface area contributed by atoms with Crippen molar-refractivity contribution in [1.29, 1.82) is 0 Å². The molecule has 2 aromatic carbocycles. The molecule has 0 aromatic heterocycles. The Hall–Kier alpha value is -2.88. The van der Waals surface area contributed by atoms with Crippen molar-refractivity contribution in [2.45, 2.75) is 20.3 Å². The molecule has 27 heavy (non-hydrogen) atoms. The summed E-state index contributed by atoms with van der Waals surface area (Å²) in [4.78, 5) is 26.2. The average molecular weight is 365 g/mol. The zero-order valence-electron chi connectivity index (χ0n) is 16.2. The molecular weight excluding hydrogens is 338 g/mol. The Morgan fingerprint density at radius 3 is 2.37 bits per heavy atom. The van der Waals surface area contributed by atoms with Gasteiger partial charge in [-0.3, -0.25) is 9.59 Å². The van der Waals surface area contributed by atoms with Crippen molar-refractivity contribution in [3.63, 3.8) is 0 Å². The van der Waals surface area contributed by atoms with E-state index in [4.69, 9.17) is 4.74 Å². The lowest BCUT2D eigenvalue weighted by molar-refractivity contribution is -0.146. The molecule has 2 rings (SSSR count). The van der Waals surface area contributed by atoms with Crippen LogP contribution in [0, 0.1) is 12.8 Å². The highest BCUT2D eigenvalue weighted by molar-refractivity contribution is 5.92. The third-order valence-corrected chi connectivity index (χ3v) is 4.42. The van der Waals surface area contributed by atoms with E-state index in [1.165, 1.54) is 12.7 Å². The van der Waals surface area contributed by atoms with Crippen LogP contribution in [0.5, 0.6) is 0 Å². The molecule has 0 spiro atoms. The predicted octanol–water partition coefficient (Wildman–Crippen LogP) is 3.89. The second-order valence-electron chi connectivity index (χ2n) is 6.69.